The molecule has 0 amide bonds. The molecule has 1 N–H and O–H groups in total. The summed E-state index contributed by atoms with van der Waals surface area (Å²) in [4.78, 5) is 8.98. The fourth-order valence-corrected chi connectivity index (χ4v) is 3.19. The predicted octanol–water partition coefficient (Wildman–Crippen LogP) is 5.92. The fourth-order valence-electron chi connectivity index (χ4n) is 3.19. The quantitative estimate of drug-likeness (QED) is 0.398. The van der Waals surface area contributed by atoms with Gasteiger partial charge in [-0.2, -0.15) is 0 Å². The first-order valence-electron chi connectivity index (χ1n) is 11.0. The summed E-state index contributed by atoms with van der Waals surface area (Å²) in [6, 6.07) is 7.48. The maximum Gasteiger partial charge on any atom is 0.129 e. The van der Waals surface area contributed by atoms with Gasteiger partial charge in [-0.05, 0) is 30.5 Å². The van der Waals surface area contributed by atoms with Crippen molar-refractivity contribution in [1.82, 2.24) is 9.97 Å². The van der Waals surface area contributed by atoms with Crippen molar-refractivity contribution in [2.45, 2.75) is 83.9 Å². The second-order valence-electron chi connectivity index (χ2n) is 7.61. The van der Waals surface area contributed by atoms with Gasteiger partial charge in [-0.25, -0.2) is 14.4 Å². The Labute approximate surface area is 174 Å². The van der Waals surface area contributed by atoms with Crippen LogP contribution in [-0.4, -0.2) is 34.0 Å². The first-order chi connectivity index (χ1) is 14.1. The van der Waals surface area contributed by atoms with Crippen molar-refractivity contribution in [3.8, 4) is 16.9 Å². The Kier molecular flexibility index (Phi) is 10.6. The molecular formula is C24H35FN2O2. The van der Waals surface area contributed by atoms with Crippen LogP contribution in [0.3, 0.4) is 0 Å². The van der Waals surface area contributed by atoms with Gasteiger partial charge in [0.1, 0.15) is 30.5 Å². The summed E-state index contributed by atoms with van der Waals surface area (Å²) in [5.41, 5.74) is 1.95. The zero-order chi connectivity index (χ0) is 20.9. The minimum Gasteiger partial charge on any atom is -0.491 e. The molecule has 0 aliphatic rings. The van der Waals surface area contributed by atoms with Crippen LogP contribution in [0.15, 0.2) is 36.7 Å². The summed E-state index contributed by atoms with van der Waals surface area (Å²) < 4.78 is 19.1. The van der Waals surface area contributed by atoms with Crippen molar-refractivity contribution in [1.29, 1.82) is 0 Å². The van der Waals surface area contributed by atoms with E-state index in [9.17, 15) is 9.50 Å². The molecule has 0 fully saturated rings. The van der Waals surface area contributed by atoms with Gasteiger partial charge in [0.25, 0.3) is 0 Å². The Morgan fingerprint density at radius 1 is 0.897 bits per heavy atom. The Bertz CT molecular complexity index is 676. The lowest BCUT2D eigenvalue weighted by atomic mass is 10.1. The van der Waals surface area contributed by atoms with Crippen LogP contribution in [0.2, 0.25) is 0 Å². The van der Waals surface area contributed by atoms with Crippen LogP contribution in [0.25, 0.3) is 11.1 Å². The average Bonchev–Trinajstić information content (AvgIpc) is 2.75. The number of aromatic nitrogens is 2. The van der Waals surface area contributed by atoms with Crippen molar-refractivity contribution in [3.63, 3.8) is 0 Å². The zero-order valence-electron chi connectivity index (χ0n) is 17.8. The lowest BCUT2D eigenvalue weighted by Crippen LogP contribution is -2.28. The maximum atomic E-state index is 13.6. The van der Waals surface area contributed by atoms with E-state index in [1.807, 2.05) is 43.6 Å². The monoisotopic (exact) mass is 402 g/mol. The van der Waals surface area contributed by atoms with Gasteiger partial charge < -0.3 is 9.84 Å². The highest BCUT2D eigenvalue weighted by Crippen LogP contribution is 2.22. The summed E-state index contributed by atoms with van der Waals surface area (Å²) in [7, 11) is 0. The number of halogens is 1. The highest BCUT2D eigenvalue weighted by atomic mass is 19.1. The fraction of sp³-hybridized carbons (Fsp3) is 0.583. The van der Waals surface area contributed by atoms with Gasteiger partial charge in [0.2, 0.25) is 0 Å². The molecule has 5 heteroatoms. The van der Waals surface area contributed by atoms with E-state index in [1.54, 1.807) is 0 Å². The van der Waals surface area contributed by atoms with Crippen LogP contribution in [0.5, 0.6) is 5.75 Å². The van der Waals surface area contributed by atoms with Gasteiger partial charge in [0.15, 0.2) is 0 Å². The molecule has 2 aromatic rings. The molecule has 0 saturated heterocycles. The van der Waals surface area contributed by atoms with Crippen molar-refractivity contribution >= 4 is 0 Å². The first-order valence-corrected chi connectivity index (χ1v) is 11.0. The van der Waals surface area contributed by atoms with E-state index < -0.39 is 12.3 Å². The summed E-state index contributed by atoms with van der Waals surface area (Å²) in [5, 5.41) is 9.77. The topological polar surface area (TPSA) is 55.2 Å². The van der Waals surface area contributed by atoms with Crippen LogP contribution in [-0.2, 0) is 6.42 Å². The minimum atomic E-state index is -1.24. The number of aliphatic hydroxyl groups is 1. The Hall–Kier alpha value is -2.01. The van der Waals surface area contributed by atoms with Gasteiger partial charge in [0, 0.05) is 24.4 Å². The molecule has 0 spiro atoms. The molecule has 0 bridgehead atoms. The molecule has 0 unspecified atom stereocenters. The third kappa shape index (κ3) is 8.48. The van der Waals surface area contributed by atoms with Gasteiger partial charge in [-0.15, -0.1) is 0 Å². The standard InChI is InChI=1S/C24H35FN2O2/c1-3-5-6-7-8-9-11-24-26-16-20(17-27-24)19-12-14-21(15-13-19)29-18-23(28)22(25)10-4-2/h12-17,22-23,28H,3-11,18H2,1-2H3/t22-,23+/m1/s1. The number of unbranched alkanes of at least 4 members (excludes halogenated alkanes) is 5. The van der Waals surface area contributed by atoms with Crippen molar-refractivity contribution in [2.75, 3.05) is 6.61 Å². The Balaban J connectivity index is 1.79. The SMILES string of the molecule is CCCCCCCCc1ncc(-c2ccc(OC[C@H](O)[C@H](F)CCC)cc2)cn1. The highest BCUT2D eigenvalue weighted by Gasteiger charge is 2.17. The van der Waals surface area contributed by atoms with E-state index in [-0.39, 0.29) is 6.61 Å². The van der Waals surface area contributed by atoms with Gasteiger partial charge in [0.05, 0.1) is 0 Å². The molecule has 160 valence electrons. The van der Waals surface area contributed by atoms with E-state index in [1.165, 1.54) is 32.1 Å². The summed E-state index contributed by atoms with van der Waals surface area (Å²) in [6.07, 6.45) is 10.9. The third-order valence-electron chi connectivity index (χ3n) is 5.05. The smallest absolute Gasteiger partial charge is 0.129 e. The largest absolute Gasteiger partial charge is 0.491 e. The van der Waals surface area contributed by atoms with Crippen LogP contribution < -0.4 is 4.74 Å². The molecular weight excluding hydrogens is 367 g/mol. The van der Waals surface area contributed by atoms with E-state index in [2.05, 4.69) is 16.9 Å². The minimum absolute atomic E-state index is 0.0449. The molecule has 1 heterocycles. The average molecular weight is 403 g/mol. The number of ether oxygens (including phenoxy) is 1. The normalized spacial score (nSPS) is 13.2. The molecule has 2 rings (SSSR count). The van der Waals surface area contributed by atoms with E-state index in [4.69, 9.17) is 4.74 Å². The van der Waals surface area contributed by atoms with Gasteiger partial charge in [-0.1, -0.05) is 64.5 Å². The van der Waals surface area contributed by atoms with Crippen molar-refractivity contribution in [3.05, 3.63) is 42.5 Å². The number of hydrogen-bond acceptors (Lipinski definition) is 4. The molecule has 4 nitrogen and oxygen atoms in total. The molecule has 1 aromatic heterocycles. The summed E-state index contributed by atoms with van der Waals surface area (Å²) in [5.74, 6) is 1.50. The second-order valence-corrected chi connectivity index (χ2v) is 7.61. The number of nitrogens with zero attached hydrogens (tertiary/aromatic N) is 2. The molecule has 0 saturated carbocycles. The third-order valence-corrected chi connectivity index (χ3v) is 5.05. The number of alkyl halides is 1. The van der Waals surface area contributed by atoms with Gasteiger partial charge >= 0.3 is 0 Å². The molecule has 0 aliphatic heterocycles. The van der Waals surface area contributed by atoms with Crippen LogP contribution >= 0.6 is 0 Å². The molecule has 29 heavy (non-hydrogen) atoms. The molecule has 0 radical (unpaired) electrons. The maximum absolute atomic E-state index is 13.6. The van der Waals surface area contributed by atoms with Crippen molar-refractivity contribution in [2.24, 2.45) is 0 Å². The van der Waals surface area contributed by atoms with E-state index in [0.29, 0.717) is 18.6 Å². The Morgan fingerprint density at radius 2 is 1.55 bits per heavy atom. The van der Waals surface area contributed by atoms with E-state index in [0.717, 1.165) is 29.8 Å². The van der Waals surface area contributed by atoms with Crippen LogP contribution in [0.4, 0.5) is 4.39 Å². The number of aliphatic hydroxyl groups excluding tert-OH is 1. The lowest BCUT2D eigenvalue weighted by Gasteiger charge is -2.16. The Morgan fingerprint density at radius 3 is 2.21 bits per heavy atom. The molecule has 0 aliphatic carbocycles. The highest BCUT2D eigenvalue weighted by molar-refractivity contribution is 5.62. The number of benzene rings is 1. The van der Waals surface area contributed by atoms with Crippen LogP contribution in [0, 0.1) is 0 Å². The molecule has 2 atom stereocenters. The summed E-state index contributed by atoms with van der Waals surface area (Å²) in [6.45, 7) is 4.08. The summed E-state index contributed by atoms with van der Waals surface area (Å²) >= 11 is 0. The molecule has 1 aromatic carbocycles. The van der Waals surface area contributed by atoms with Crippen molar-refractivity contribution < 1.29 is 14.2 Å². The first kappa shape index (κ1) is 23.3. The van der Waals surface area contributed by atoms with E-state index >= 15 is 0 Å². The van der Waals surface area contributed by atoms with Gasteiger partial charge in [-0.3, -0.25) is 0 Å². The number of rotatable bonds is 14. The van der Waals surface area contributed by atoms with Crippen LogP contribution in [0.1, 0.15) is 71.0 Å². The number of hydrogen-bond donors (Lipinski definition) is 1. The number of aryl methyl sites for hydroxylation is 1. The predicted molar refractivity (Wildman–Crippen MR) is 116 cm³/mol. The zero-order valence-corrected chi connectivity index (χ0v) is 17.8. The second kappa shape index (κ2) is 13.3. The lowest BCUT2D eigenvalue weighted by molar-refractivity contribution is 0.0331.